The van der Waals surface area contributed by atoms with Crippen LogP contribution in [0.4, 0.5) is 4.39 Å². The predicted molar refractivity (Wildman–Crippen MR) is 72.4 cm³/mol. The molecule has 2 rings (SSSR count). The zero-order valence-corrected chi connectivity index (χ0v) is 10.6. The summed E-state index contributed by atoms with van der Waals surface area (Å²) >= 11 is 0. The first kappa shape index (κ1) is 13.7. The van der Waals surface area contributed by atoms with Gasteiger partial charge in [-0.15, -0.1) is 0 Å². The summed E-state index contributed by atoms with van der Waals surface area (Å²) < 4.78 is 13.9. The van der Waals surface area contributed by atoms with Crippen LogP contribution in [0.15, 0.2) is 54.6 Å². The Morgan fingerprint density at radius 2 is 1.42 bits per heavy atom. The average molecular weight is 260 g/mol. The minimum Gasteiger partial charge on any atom is -0.395 e. The molecule has 19 heavy (non-hydrogen) atoms. The van der Waals surface area contributed by atoms with Crippen molar-refractivity contribution in [2.24, 2.45) is 0 Å². The highest BCUT2D eigenvalue weighted by molar-refractivity contribution is 5.31. The van der Waals surface area contributed by atoms with Crippen molar-refractivity contribution in [2.75, 3.05) is 13.2 Å². The summed E-state index contributed by atoms with van der Waals surface area (Å²) in [6, 6.07) is 15.7. The summed E-state index contributed by atoms with van der Waals surface area (Å²) in [4.78, 5) is 0. The summed E-state index contributed by atoms with van der Waals surface area (Å²) in [5, 5.41) is 19.4. The summed E-state index contributed by atoms with van der Waals surface area (Å²) in [6.07, 6.45) is 0.391. The molecular formula is C16H17FO2. The Labute approximate surface area is 112 Å². The summed E-state index contributed by atoms with van der Waals surface area (Å²) in [5.41, 5.74) is 0.310. The van der Waals surface area contributed by atoms with Crippen LogP contribution in [0.1, 0.15) is 11.1 Å². The van der Waals surface area contributed by atoms with Crippen molar-refractivity contribution in [1.29, 1.82) is 0 Å². The van der Waals surface area contributed by atoms with E-state index in [1.165, 1.54) is 6.07 Å². The summed E-state index contributed by atoms with van der Waals surface area (Å²) in [6.45, 7) is -0.612. The first-order valence-corrected chi connectivity index (χ1v) is 6.22. The van der Waals surface area contributed by atoms with Crippen LogP contribution < -0.4 is 0 Å². The minimum absolute atomic E-state index is 0.306. The van der Waals surface area contributed by atoms with E-state index >= 15 is 0 Å². The lowest BCUT2D eigenvalue weighted by Gasteiger charge is -2.31. The van der Waals surface area contributed by atoms with Gasteiger partial charge < -0.3 is 10.2 Å². The van der Waals surface area contributed by atoms with E-state index in [4.69, 9.17) is 0 Å². The second kappa shape index (κ2) is 5.95. The van der Waals surface area contributed by atoms with E-state index in [1.807, 2.05) is 30.3 Å². The van der Waals surface area contributed by atoms with Crippen LogP contribution in [-0.2, 0) is 11.8 Å². The molecule has 0 amide bonds. The van der Waals surface area contributed by atoms with E-state index in [2.05, 4.69) is 0 Å². The molecule has 0 aliphatic rings. The highest BCUT2D eigenvalue weighted by atomic mass is 19.1. The molecule has 0 radical (unpaired) electrons. The molecule has 0 heterocycles. The van der Waals surface area contributed by atoms with Crippen molar-refractivity contribution < 1.29 is 14.6 Å². The van der Waals surface area contributed by atoms with E-state index in [0.717, 1.165) is 5.56 Å². The molecule has 0 saturated heterocycles. The number of aliphatic hydroxyl groups is 2. The predicted octanol–water partition coefficient (Wildman–Crippen LogP) is 2.29. The van der Waals surface area contributed by atoms with Crippen molar-refractivity contribution in [3.05, 3.63) is 71.5 Å². The van der Waals surface area contributed by atoms with Gasteiger partial charge in [-0.2, -0.15) is 0 Å². The molecular weight excluding hydrogens is 243 g/mol. The molecule has 2 N–H and O–H groups in total. The fraction of sp³-hybridized carbons (Fsp3) is 0.250. The molecule has 0 aliphatic carbocycles. The van der Waals surface area contributed by atoms with Gasteiger partial charge in [-0.1, -0.05) is 48.5 Å². The van der Waals surface area contributed by atoms with Gasteiger partial charge in [0, 0.05) is 5.41 Å². The van der Waals surface area contributed by atoms with Crippen LogP contribution in [-0.4, -0.2) is 23.4 Å². The maximum Gasteiger partial charge on any atom is 0.127 e. The molecule has 0 saturated carbocycles. The monoisotopic (exact) mass is 260 g/mol. The molecule has 2 aromatic rings. The van der Waals surface area contributed by atoms with E-state index in [-0.39, 0.29) is 13.2 Å². The lowest BCUT2D eigenvalue weighted by atomic mass is 9.76. The van der Waals surface area contributed by atoms with Gasteiger partial charge in [0.15, 0.2) is 0 Å². The van der Waals surface area contributed by atoms with Crippen molar-refractivity contribution in [2.45, 2.75) is 11.8 Å². The SMILES string of the molecule is OCC(CO)(Cc1ccccc1)c1ccccc1F. The topological polar surface area (TPSA) is 40.5 Å². The zero-order valence-electron chi connectivity index (χ0n) is 10.6. The Balaban J connectivity index is 2.41. The quantitative estimate of drug-likeness (QED) is 0.866. The molecule has 0 aromatic heterocycles. The van der Waals surface area contributed by atoms with Crippen molar-refractivity contribution in [3.8, 4) is 0 Å². The number of aliphatic hydroxyl groups excluding tert-OH is 2. The molecule has 0 fully saturated rings. The fourth-order valence-electron chi connectivity index (χ4n) is 2.31. The number of benzene rings is 2. The van der Waals surface area contributed by atoms with Crippen LogP contribution in [0.2, 0.25) is 0 Å². The van der Waals surface area contributed by atoms with Crippen molar-refractivity contribution >= 4 is 0 Å². The fourth-order valence-corrected chi connectivity index (χ4v) is 2.31. The number of halogens is 1. The Morgan fingerprint density at radius 3 is 2.00 bits per heavy atom. The number of hydrogen-bond donors (Lipinski definition) is 2. The Morgan fingerprint density at radius 1 is 0.842 bits per heavy atom. The van der Waals surface area contributed by atoms with Gasteiger partial charge >= 0.3 is 0 Å². The lowest BCUT2D eigenvalue weighted by molar-refractivity contribution is 0.113. The number of rotatable bonds is 5. The Kier molecular flexibility index (Phi) is 4.30. The highest BCUT2D eigenvalue weighted by Crippen LogP contribution is 2.29. The third kappa shape index (κ3) is 2.83. The maximum absolute atomic E-state index is 13.9. The van der Waals surface area contributed by atoms with Gasteiger partial charge in [0.2, 0.25) is 0 Å². The van der Waals surface area contributed by atoms with Gasteiger partial charge in [0.05, 0.1) is 13.2 Å². The molecule has 0 unspecified atom stereocenters. The van der Waals surface area contributed by atoms with Gasteiger partial charge in [-0.05, 0) is 23.6 Å². The first-order valence-electron chi connectivity index (χ1n) is 6.22. The molecule has 3 heteroatoms. The largest absolute Gasteiger partial charge is 0.395 e. The standard InChI is InChI=1S/C16H17FO2/c17-15-9-5-4-8-14(15)16(11-18,12-19)10-13-6-2-1-3-7-13/h1-9,18-19H,10-12H2. The average Bonchev–Trinajstić information content (AvgIpc) is 2.47. The van der Waals surface area contributed by atoms with Crippen LogP contribution in [0.5, 0.6) is 0 Å². The van der Waals surface area contributed by atoms with Gasteiger partial charge in [-0.3, -0.25) is 0 Å². The molecule has 0 atom stereocenters. The first-order chi connectivity index (χ1) is 9.22. The second-order valence-corrected chi connectivity index (χ2v) is 4.74. The van der Waals surface area contributed by atoms with E-state index in [0.29, 0.717) is 12.0 Å². The highest BCUT2D eigenvalue weighted by Gasteiger charge is 2.33. The zero-order chi connectivity index (χ0) is 13.7. The van der Waals surface area contributed by atoms with Crippen LogP contribution in [0.3, 0.4) is 0 Å². The summed E-state index contributed by atoms with van der Waals surface area (Å²) in [7, 11) is 0. The van der Waals surface area contributed by atoms with Crippen LogP contribution in [0, 0.1) is 5.82 Å². The normalized spacial score (nSPS) is 11.5. The van der Waals surface area contributed by atoms with Crippen LogP contribution >= 0.6 is 0 Å². The Bertz CT molecular complexity index is 521. The molecule has 0 spiro atoms. The third-order valence-electron chi connectivity index (χ3n) is 3.44. The summed E-state index contributed by atoms with van der Waals surface area (Å²) in [5.74, 6) is -0.401. The number of hydrogen-bond acceptors (Lipinski definition) is 2. The third-order valence-corrected chi connectivity index (χ3v) is 3.44. The van der Waals surface area contributed by atoms with E-state index in [1.54, 1.807) is 18.2 Å². The Hall–Kier alpha value is -1.71. The second-order valence-electron chi connectivity index (χ2n) is 4.74. The minimum atomic E-state index is -0.993. The van der Waals surface area contributed by atoms with Gasteiger partial charge in [0.1, 0.15) is 5.82 Å². The van der Waals surface area contributed by atoms with Crippen LogP contribution in [0.25, 0.3) is 0 Å². The van der Waals surface area contributed by atoms with Crippen molar-refractivity contribution in [3.63, 3.8) is 0 Å². The maximum atomic E-state index is 13.9. The van der Waals surface area contributed by atoms with Crippen molar-refractivity contribution in [1.82, 2.24) is 0 Å². The molecule has 2 aromatic carbocycles. The van der Waals surface area contributed by atoms with E-state index in [9.17, 15) is 14.6 Å². The molecule has 0 aliphatic heterocycles. The smallest absolute Gasteiger partial charge is 0.127 e. The lowest BCUT2D eigenvalue weighted by Crippen LogP contribution is -2.38. The van der Waals surface area contributed by atoms with Gasteiger partial charge in [-0.25, -0.2) is 4.39 Å². The molecule has 0 bridgehead atoms. The molecule has 100 valence electrons. The van der Waals surface area contributed by atoms with E-state index < -0.39 is 11.2 Å². The van der Waals surface area contributed by atoms with Gasteiger partial charge in [0.25, 0.3) is 0 Å². The molecule has 2 nitrogen and oxygen atoms in total.